The number of fused-ring (bicyclic) bond motifs is 1. The number of aryl methyl sites for hydroxylation is 1. The van der Waals surface area contributed by atoms with Crippen LogP contribution >= 0.6 is 0 Å². The molecule has 2 aliphatic rings. The predicted molar refractivity (Wildman–Crippen MR) is 132 cm³/mol. The molecular weight excluding hydrogens is 448 g/mol. The van der Waals surface area contributed by atoms with Gasteiger partial charge < -0.3 is 24.7 Å². The number of ketones is 1. The summed E-state index contributed by atoms with van der Waals surface area (Å²) in [5.41, 5.74) is 0.124. The summed E-state index contributed by atoms with van der Waals surface area (Å²) >= 11 is 0. The fraction of sp³-hybridized carbons (Fsp3) is 0.741. The smallest absolute Gasteiger partial charge is 0.223 e. The first-order chi connectivity index (χ1) is 16.2. The van der Waals surface area contributed by atoms with Crippen molar-refractivity contribution < 1.29 is 29.0 Å². The Hall–Kier alpha value is -2.03. The minimum atomic E-state index is -1.18. The maximum absolute atomic E-state index is 13.2. The Morgan fingerprint density at radius 3 is 2.54 bits per heavy atom. The second-order valence-electron chi connectivity index (χ2n) is 11.4. The molecule has 1 aromatic heterocycles. The van der Waals surface area contributed by atoms with Crippen molar-refractivity contribution in [1.29, 1.82) is 0 Å². The number of amides is 1. The summed E-state index contributed by atoms with van der Waals surface area (Å²) in [5.74, 6) is -0.732. The number of hydrogen-bond donors (Lipinski definition) is 3. The van der Waals surface area contributed by atoms with E-state index in [0.29, 0.717) is 18.0 Å². The lowest BCUT2D eigenvalue weighted by molar-refractivity contribution is -0.143. The Morgan fingerprint density at radius 1 is 1.23 bits per heavy atom. The Labute approximate surface area is 208 Å². The Balaban J connectivity index is 1.85. The summed E-state index contributed by atoms with van der Waals surface area (Å²) in [5, 5.41) is 24.8. The molecule has 2 saturated heterocycles. The molecule has 3 rings (SSSR count). The molecule has 0 bridgehead atoms. The lowest BCUT2D eigenvalue weighted by Gasteiger charge is -2.34. The summed E-state index contributed by atoms with van der Waals surface area (Å²) in [6, 6.07) is -0.315. The first-order valence-electron chi connectivity index (χ1n) is 12.7. The molecule has 8 nitrogen and oxygen atoms in total. The maximum Gasteiger partial charge on any atom is 0.223 e. The van der Waals surface area contributed by atoms with Crippen LogP contribution in [0.5, 0.6) is 0 Å². The van der Waals surface area contributed by atoms with Gasteiger partial charge in [0, 0.05) is 19.3 Å². The summed E-state index contributed by atoms with van der Waals surface area (Å²) in [4.78, 5) is 30.6. The number of Topliss-reactive ketones (excluding diaryl/α,β-unsaturated/α-hetero) is 1. The molecule has 0 radical (unpaired) electrons. The van der Waals surface area contributed by atoms with Crippen LogP contribution in [0.15, 0.2) is 16.3 Å². The van der Waals surface area contributed by atoms with E-state index in [1.807, 2.05) is 19.9 Å². The van der Waals surface area contributed by atoms with Gasteiger partial charge >= 0.3 is 0 Å². The van der Waals surface area contributed by atoms with E-state index in [-0.39, 0.29) is 41.8 Å². The highest BCUT2D eigenvalue weighted by Crippen LogP contribution is 2.44. The van der Waals surface area contributed by atoms with E-state index in [4.69, 9.17) is 9.15 Å². The highest BCUT2D eigenvalue weighted by molar-refractivity contribution is 5.88. The van der Waals surface area contributed by atoms with Crippen molar-refractivity contribution in [1.82, 2.24) is 10.3 Å². The fourth-order valence-electron chi connectivity index (χ4n) is 5.19. The third-order valence-electron chi connectivity index (χ3n) is 8.07. The topological polar surface area (TPSA) is 125 Å². The standard InChI is InChI=1S/C27H42N2O6/c1-15-9-8-10-27(7)22(35-27)12-20(16(2)11-19-14-34-18(4)28-19)29-23(31)13-21(30)26(5,6)25(33)17(3)24(15)32/h11,14-15,17,20-22,24,30,32H,8-10,12-13H2,1-7H3,(H,29,31)/b16-11+. The monoisotopic (exact) mass is 490 g/mol. The summed E-state index contributed by atoms with van der Waals surface area (Å²) in [6.07, 6.45) is 4.31. The molecule has 0 aliphatic carbocycles. The van der Waals surface area contributed by atoms with E-state index in [9.17, 15) is 19.8 Å². The molecule has 1 amide bonds. The molecule has 0 saturated carbocycles. The molecule has 35 heavy (non-hydrogen) atoms. The SMILES string of the molecule is C/C(=C\c1coc(C)n1)C1CC2OC2(C)CCCC(C)C(O)C(C)C(=O)C(C)(C)C(O)CC(=O)N1. The van der Waals surface area contributed by atoms with Crippen molar-refractivity contribution in [2.24, 2.45) is 17.3 Å². The van der Waals surface area contributed by atoms with Crippen molar-refractivity contribution in [2.45, 2.75) is 111 Å². The number of carbonyl (C=O) groups is 2. The maximum atomic E-state index is 13.2. The first-order valence-corrected chi connectivity index (χ1v) is 12.7. The number of nitrogens with one attached hydrogen (secondary N) is 1. The second kappa shape index (κ2) is 10.5. The lowest BCUT2D eigenvalue weighted by Crippen LogP contribution is -2.47. The van der Waals surface area contributed by atoms with Crippen molar-refractivity contribution in [3.63, 3.8) is 0 Å². The number of aromatic nitrogens is 1. The van der Waals surface area contributed by atoms with Gasteiger partial charge in [-0.25, -0.2) is 4.98 Å². The van der Waals surface area contributed by atoms with E-state index >= 15 is 0 Å². The van der Waals surface area contributed by atoms with Crippen molar-refractivity contribution in [2.75, 3.05) is 0 Å². The van der Waals surface area contributed by atoms with E-state index in [1.54, 1.807) is 34.0 Å². The number of nitrogens with zero attached hydrogens (tertiary/aromatic N) is 1. The van der Waals surface area contributed by atoms with Crippen LogP contribution in [0.4, 0.5) is 0 Å². The second-order valence-corrected chi connectivity index (χ2v) is 11.4. The van der Waals surface area contributed by atoms with Gasteiger partial charge in [-0.05, 0) is 44.3 Å². The third kappa shape index (κ3) is 6.40. The predicted octanol–water partition coefficient (Wildman–Crippen LogP) is 3.58. The Kier molecular flexibility index (Phi) is 8.29. The van der Waals surface area contributed by atoms with Crippen LogP contribution in [0.25, 0.3) is 6.08 Å². The van der Waals surface area contributed by atoms with E-state index in [1.165, 1.54) is 0 Å². The van der Waals surface area contributed by atoms with Gasteiger partial charge in [0.15, 0.2) is 5.89 Å². The van der Waals surface area contributed by atoms with Crippen LogP contribution in [-0.2, 0) is 14.3 Å². The molecule has 0 spiro atoms. The molecule has 8 heteroatoms. The molecule has 7 atom stereocenters. The third-order valence-corrected chi connectivity index (χ3v) is 8.07. The zero-order valence-electron chi connectivity index (χ0n) is 22.1. The van der Waals surface area contributed by atoms with Crippen LogP contribution in [0.1, 0.15) is 85.2 Å². The average molecular weight is 491 g/mol. The number of aliphatic hydroxyl groups is 2. The molecule has 3 heterocycles. The van der Waals surface area contributed by atoms with E-state index in [0.717, 1.165) is 24.8 Å². The summed E-state index contributed by atoms with van der Waals surface area (Å²) in [6.45, 7) is 12.7. The van der Waals surface area contributed by atoms with Crippen molar-refractivity contribution in [3.8, 4) is 0 Å². The number of hydrogen-bond acceptors (Lipinski definition) is 7. The quantitative estimate of drug-likeness (QED) is 0.541. The molecule has 2 aliphatic heterocycles. The molecule has 3 N–H and O–H groups in total. The van der Waals surface area contributed by atoms with Gasteiger partial charge in [-0.3, -0.25) is 9.59 Å². The van der Waals surface area contributed by atoms with Gasteiger partial charge in [0.05, 0.1) is 41.8 Å². The average Bonchev–Trinajstić information content (AvgIpc) is 3.22. The molecule has 7 unspecified atom stereocenters. The van der Waals surface area contributed by atoms with Crippen molar-refractivity contribution in [3.05, 3.63) is 23.4 Å². The van der Waals surface area contributed by atoms with Gasteiger partial charge in [0.2, 0.25) is 5.91 Å². The number of ether oxygens (including phenoxy) is 1. The number of rotatable bonds is 2. The van der Waals surface area contributed by atoms with Crippen LogP contribution in [0.3, 0.4) is 0 Å². The fourth-order valence-corrected chi connectivity index (χ4v) is 5.19. The van der Waals surface area contributed by atoms with Crippen LogP contribution in [0, 0.1) is 24.2 Å². The minimum Gasteiger partial charge on any atom is -0.449 e. The lowest BCUT2D eigenvalue weighted by atomic mass is 9.72. The molecule has 196 valence electrons. The summed E-state index contributed by atoms with van der Waals surface area (Å²) in [7, 11) is 0. The van der Waals surface area contributed by atoms with Crippen molar-refractivity contribution >= 4 is 17.8 Å². The van der Waals surface area contributed by atoms with E-state index in [2.05, 4.69) is 17.2 Å². The Morgan fingerprint density at radius 2 is 1.91 bits per heavy atom. The largest absolute Gasteiger partial charge is 0.449 e. The molecule has 0 aromatic carbocycles. The van der Waals surface area contributed by atoms with Gasteiger partial charge in [-0.15, -0.1) is 0 Å². The molecule has 2 fully saturated rings. The first kappa shape index (κ1) is 27.6. The zero-order valence-corrected chi connectivity index (χ0v) is 22.1. The number of aliphatic hydroxyl groups excluding tert-OH is 2. The zero-order chi connectivity index (χ0) is 26.1. The molecule has 1 aromatic rings. The summed E-state index contributed by atoms with van der Waals surface area (Å²) < 4.78 is 11.4. The highest BCUT2D eigenvalue weighted by Gasteiger charge is 2.52. The number of epoxide rings is 1. The van der Waals surface area contributed by atoms with Gasteiger partial charge in [0.1, 0.15) is 17.7 Å². The van der Waals surface area contributed by atoms with E-state index < -0.39 is 23.5 Å². The van der Waals surface area contributed by atoms with Gasteiger partial charge in [-0.1, -0.05) is 34.1 Å². The van der Waals surface area contributed by atoms with Gasteiger partial charge in [0.25, 0.3) is 0 Å². The van der Waals surface area contributed by atoms with Crippen LogP contribution < -0.4 is 5.32 Å². The van der Waals surface area contributed by atoms with Crippen LogP contribution in [0.2, 0.25) is 0 Å². The highest BCUT2D eigenvalue weighted by atomic mass is 16.6. The molecular formula is C27H42N2O6. The minimum absolute atomic E-state index is 0.00908. The van der Waals surface area contributed by atoms with Gasteiger partial charge in [-0.2, -0.15) is 0 Å². The number of oxazole rings is 1. The number of carbonyl (C=O) groups excluding carboxylic acids is 2. The Bertz CT molecular complexity index is 953. The normalized spacial score (nSPS) is 37.5. The van der Waals surface area contributed by atoms with Crippen LogP contribution in [-0.4, -0.2) is 56.8 Å².